The van der Waals surface area contributed by atoms with E-state index in [2.05, 4.69) is 0 Å². The van der Waals surface area contributed by atoms with E-state index in [1.807, 2.05) is 61.5 Å². The van der Waals surface area contributed by atoms with Gasteiger partial charge in [-0.2, -0.15) is 0 Å². The number of anilines is 1. The summed E-state index contributed by atoms with van der Waals surface area (Å²) in [4.78, 5) is 28.4. The molecular weight excluding hydrogens is 434 g/mol. The van der Waals surface area contributed by atoms with E-state index in [-0.39, 0.29) is 12.2 Å². The Morgan fingerprint density at radius 3 is 2.45 bits per heavy atom. The summed E-state index contributed by atoms with van der Waals surface area (Å²) >= 11 is 6.22. The van der Waals surface area contributed by atoms with Crippen LogP contribution in [-0.4, -0.2) is 16.8 Å². The molecule has 0 saturated carbocycles. The molecule has 164 valence electrons. The largest absolute Gasteiger partial charge is 0.375 e. The van der Waals surface area contributed by atoms with Gasteiger partial charge in [0.25, 0.3) is 5.91 Å². The van der Waals surface area contributed by atoms with Crippen molar-refractivity contribution in [3.63, 3.8) is 0 Å². The van der Waals surface area contributed by atoms with E-state index in [1.54, 1.807) is 35.2 Å². The third-order valence-electron chi connectivity index (χ3n) is 6.37. The van der Waals surface area contributed by atoms with Gasteiger partial charge in [0.15, 0.2) is 11.4 Å². The molecule has 1 unspecified atom stereocenters. The SMILES string of the molecule is Cc1ccccc1CN1C(=O)C(O)(CC(=O)c2ccc3ccccc3c2)c2cc(Cl)ccc21. The molecule has 0 fully saturated rings. The number of halogens is 1. The molecule has 5 rings (SSSR count). The first kappa shape index (κ1) is 21.4. The van der Waals surface area contributed by atoms with Crippen molar-refractivity contribution in [1.29, 1.82) is 0 Å². The van der Waals surface area contributed by atoms with Crippen LogP contribution in [0.1, 0.15) is 33.5 Å². The van der Waals surface area contributed by atoms with Gasteiger partial charge in [0.05, 0.1) is 18.7 Å². The maximum Gasteiger partial charge on any atom is 0.264 e. The van der Waals surface area contributed by atoms with Crippen LogP contribution in [0.3, 0.4) is 0 Å². The summed E-state index contributed by atoms with van der Waals surface area (Å²) in [6, 6.07) is 25.9. The summed E-state index contributed by atoms with van der Waals surface area (Å²) in [5.74, 6) is -0.822. The Bertz CT molecular complexity index is 1410. The molecule has 1 atom stereocenters. The molecule has 4 aromatic carbocycles. The van der Waals surface area contributed by atoms with E-state index in [4.69, 9.17) is 11.6 Å². The van der Waals surface area contributed by atoms with E-state index in [1.165, 1.54) is 0 Å². The number of carbonyl (C=O) groups is 2. The fraction of sp³-hybridized carbons (Fsp3) is 0.143. The summed E-state index contributed by atoms with van der Waals surface area (Å²) in [6.45, 7) is 2.28. The molecule has 0 saturated heterocycles. The maximum absolute atomic E-state index is 13.6. The third kappa shape index (κ3) is 3.71. The van der Waals surface area contributed by atoms with Gasteiger partial charge in [0.2, 0.25) is 0 Å². The zero-order valence-corrected chi connectivity index (χ0v) is 18.8. The highest BCUT2D eigenvalue weighted by molar-refractivity contribution is 6.31. The van der Waals surface area contributed by atoms with Crippen molar-refractivity contribution in [3.05, 3.63) is 112 Å². The molecule has 1 aliphatic rings. The average Bonchev–Trinajstić information content (AvgIpc) is 3.01. The summed E-state index contributed by atoms with van der Waals surface area (Å²) in [5, 5.41) is 14.0. The molecule has 33 heavy (non-hydrogen) atoms. The number of Topliss-reactive ketones (excluding diaryl/α,β-unsaturated/α-hetero) is 1. The molecular formula is C28H22ClNO3. The third-order valence-corrected chi connectivity index (χ3v) is 6.61. The molecule has 4 nitrogen and oxygen atoms in total. The van der Waals surface area contributed by atoms with Crippen molar-refractivity contribution < 1.29 is 14.7 Å². The minimum Gasteiger partial charge on any atom is -0.375 e. The number of amides is 1. The van der Waals surface area contributed by atoms with E-state index in [9.17, 15) is 14.7 Å². The van der Waals surface area contributed by atoms with Crippen molar-refractivity contribution >= 4 is 39.8 Å². The van der Waals surface area contributed by atoms with Gasteiger partial charge in [-0.05, 0) is 53.1 Å². The Labute approximate surface area is 197 Å². The van der Waals surface area contributed by atoms with Crippen LogP contribution in [0.15, 0.2) is 84.9 Å². The zero-order chi connectivity index (χ0) is 23.2. The van der Waals surface area contributed by atoms with Crippen LogP contribution in [0.4, 0.5) is 5.69 Å². The second kappa shape index (κ2) is 8.14. The number of aryl methyl sites for hydroxylation is 1. The zero-order valence-electron chi connectivity index (χ0n) is 18.1. The van der Waals surface area contributed by atoms with E-state index >= 15 is 0 Å². The number of rotatable bonds is 5. The first-order valence-corrected chi connectivity index (χ1v) is 11.2. The van der Waals surface area contributed by atoms with E-state index < -0.39 is 11.5 Å². The minimum absolute atomic E-state index is 0.298. The monoisotopic (exact) mass is 455 g/mol. The van der Waals surface area contributed by atoms with Gasteiger partial charge >= 0.3 is 0 Å². The van der Waals surface area contributed by atoms with Crippen LogP contribution in [-0.2, 0) is 16.9 Å². The quantitative estimate of drug-likeness (QED) is 0.386. The highest BCUT2D eigenvalue weighted by Crippen LogP contribution is 2.45. The Morgan fingerprint density at radius 2 is 1.67 bits per heavy atom. The fourth-order valence-corrected chi connectivity index (χ4v) is 4.68. The highest BCUT2D eigenvalue weighted by atomic mass is 35.5. The number of carbonyl (C=O) groups excluding carboxylic acids is 2. The molecule has 1 aliphatic heterocycles. The normalized spacial score (nSPS) is 17.4. The van der Waals surface area contributed by atoms with Crippen LogP contribution in [0.2, 0.25) is 5.02 Å². The first-order chi connectivity index (χ1) is 15.9. The van der Waals surface area contributed by atoms with Crippen LogP contribution in [0.5, 0.6) is 0 Å². The average molecular weight is 456 g/mol. The molecule has 5 heteroatoms. The molecule has 0 radical (unpaired) electrons. The molecule has 0 aliphatic carbocycles. The Balaban J connectivity index is 1.52. The van der Waals surface area contributed by atoms with Gasteiger partial charge in [-0.25, -0.2) is 0 Å². The van der Waals surface area contributed by atoms with Gasteiger partial charge < -0.3 is 10.0 Å². The van der Waals surface area contributed by atoms with Gasteiger partial charge in [-0.3, -0.25) is 9.59 Å². The van der Waals surface area contributed by atoms with E-state index in [0.29, 0.717) is 28.4 Å². The number of nitrogens with zero attached hydrogens (tertiary/aromatic N) is 1. The number of fused-ring (bicyclic) bond motifs is 2. The maximum atomic E-state index is 13.6. The van der Waals surface area contributed by atoms with Crippen LogP contribution < -0.4 is 4.90 Å². The van der Waals surface area contributed by atoms with Crippen LogP contribution >= 0.6 is 11.6 Å². The Hall–Kier alpha value is -3.47. The molecule has 1 N–H and O–H groups in total. The summed E-state index contributed by atoms with van der Waals surface area (Å²) in [5.41, 5.74) is 1.42. The highest BCUT2D eigenvalue weighted by Gasteiger charge is 2.51. The van der Waals surface area contributed by atoms with Gasteiger partial charge in [0.1, 0.15) is 0 Å². The van der Waals surface area contributed by atoms with Crippen molar-refractivity contribution in [1.82, 2.24) is 0 Å². The van der Waals surface area contributed by atoms with Crippen molar-refractivity contribution in [2.24, 2.45) is 0 Å². The fourth-order valence-electron chi connectivity index (χ4n) is 4.51. The molecule has 4 aromatic rings. The second-order valence-electron chi connectivity index (χ2n) is 8.50. The summed E-state index contributed by atoms with van der Waals surface area (Å²) in [7, 11) is 0. The number of aliphatic hydroxyl groups is 1. The number of hydrogen-bond donors (Lipinski definition) is 1. The predicted molar refractivity (Wildman–Crippen MR) is 131 cm³/mol. The van der Waals surface area contributed by atoms with Gasteiger partial charge in [-0.1, -0.05) is 72.3 Å². The molecule has 1 heterocycles. The molecule has 0 spiro atoms. The summed E-state index contributed by atoms with van der Waals surface area (Å²) in [6.07, 6.45) is -0.359. The minimum atomic E-state index is -1.98. The van der Waals surface area contributed by atoms with Crippen LogP contribution in [0.25, 0.3) is 10.8 Å². The van der Waals surface area contributed by atoms with Crippen molar-refractivity contribution in [2.75, 3.05) is 4.90 Å². The smallest absolute Gasteiger partial charge is 0.264 e. The number of benzene rings is 4. The molecule has 1 amide bonds. The lowest BCUT2D eigenvalue weighted by Crippen LogP contribution is -2.41. The molecule has 0 aromatic heterocycles. The van der Waals surface area contributed by atoms with Gasteiger partial charge in [0, 0.05) is 16.1 Å². The van der Waals surface area contributed by atoms with Crippen molar-refractivity contribution in [2.45, 2.75) is 25.5 Å². The Morgan fingerprint density at radius 1 is 0.939 bits per heavy atom. The lowest BCUT2D eigenvalue weighted by Gasteiger charge is -2.23. The summed E-state index contributed by atoms with van der Waals surface area (Å²) < 4.78 is 0. The Kier molecular flexibility index (Phi) is 5.28. The number of hydrogen-bond acceptors (Lipinski definition) is 3. The lowest BCUT2D eigenvalue weighted by molar-refractivity contribution is -0.136. The topological polar surface area (TPSA) is 57.6 Å². The van der Waals surface area contributed by atoms with Gasteiger partial charge in [-0.15, -0.1) is 0 Å². The second-order valence-corrected chi connectivity index (χ2v) is 8.94. The van der Waals surface area contributed by atoms with E-state index in [0.717, 1.165) is 21.9 Å². The first-order valence-electron chi connectivity index (χ1n) is 10.8. The van der Waals surface area contributed by atoms with Crippen LogP contribution in [0, 0.1) is 6.92 Å². The standard InChI is InChI=1S/C28H22ClNO3/c1-18-6-2-3-9-22(18)17-30-25-13-12-23(29)15-24(25)28(33,27(30)32)16-26(31)21-11-10-19-7-4-5-8-20(19)14-21/h2-15,33H,16-17H2,1H3. The lowest BCUT2D eigenvalue weighted by atomic mass is 9.87. The van der Waals surface area contributed by atoms with Crippen molar-refractivity contribution in [3.8, 4) is 0 Å². The predicted octanol–water partition coefficient (Wildman–Crippen LogP) is 5.81. The number of ketones is 1. The molecule has 0 bridgehead atoms.